The number of ether oxygens (including phenoxy) is 2. The van der Waals surface area contributed by atoms with Gasteiger partial charge in [0.2, 0.25) is 5.43 Å². The van der Waals surface area contributed by atoms with Crippen LogP contribution in [0.2, 0.25) is 0 Å². The number of carbonyl (C=O) groups excluding carboxylic acids is 1. The van der Waals surface area contributed by atoms with Crippen molar-refractivity contribution in [3.05, 3.63) is 76.5 Å². The minimum absolute atomic E-state index is 0.0246. The van der Waals surface area contributed by atoms with Gasteiger partial charge in [-0.15, -0.1) is 0 Å². The van der Waals surface area contributed by atoms with E-state index in [0.29, 0.717) is 28.2 Å². The molecule has 3 heterocycles. The van der Waals surface area contributed by atoms with Crippen molar-refractivity contribution in [1.82, 2.24) is 0 Å². The highest BCUT2D eigenvalue weighted by Gasteiger charge is 2.35. The van der Waals surface area contributed by atoms with Gasteiger partial charge in [0, 0.05) is 11.6 Å². The number of rotatable bonds is 3. The van der Waals surface area contributed by atoms with Gasteiger partial charge in [0.25, 0.3) is 0 Å². The molecule has 1 N–H and O–H groups in total. The molecule has 0 radical (unpaired) electrons. The summed E-state index contributed by atoms with van der Waals surface area (Å²) < 4.78 is 21.8. The molecule has 1 atom stereocenters. The van der Waals surface area contributed by atoms with Crippen LogP contribution in [0.3, 0.4) is 0 Å². The van der Waals surface area contributed by atoms with Crippen molar-refractivity contribution in [3.8, 4) is 28.4 Å². The van der Waals surface area contributed by atoms with Crippen LogP contribution in [-0.4, -0.2) is 18.2 Å². The second kappa shape index (κ2) is 6.81. The number of carbonyl (C=O) groups is 1. The molecule has 0 amide bonds. The fourth-order valence-corrected chi connectivity index (χ4v) is 3.83. The standard InChI is InChI=1S/C23H16O7/c1-27-13-6-4-12(5-7-13)15-11-29-23-20-14(17-3-2-8-28-17)9-19(25)30-18(20)10-16(24)21(23)22(15)26/h2-8,10-11,14,24H,9H2,1H3/t14-/m0/s1. The van der Waals surface area contributed by atoms with E-state index in [0.717, 1.165) is 0 Å². The number of esters is 1. The van der Waals surface area contributed by atoms with Crippen LogP contribution in [0.25, 0.3) is 22.1 Å². The summed E-state index contributed by atoms with van der Waals surface area (Å²) in [5.41, 5.74) is 1.19. The number of fused-ring (bicyclic) bond motifs is 3. The lowest BCUT2D eigenvalue weighted by molar-refractivity contribution is -0.135. The Hall–Kier alpha value is -4.00. The van der Waals surface area contributed by atoms with Crippen LogP contribution in [0.1, 0.15) is 23.7 Å². The van der Waals surface area contributed by atoms with Crippen molar-refractivity contribution in [3.63, 3.8) is 0 Å². The first-order chi connectivity index (χ1) is 14.6. The topological polar surface area (TPSA) is 99.1 Å². The molecule has 2 aromatic carbocycles. The summed E-state index contributed by atoms with van der Waals surface area (Å²) in [7, 11) is 1.56. The molecule has 0 fully saturated rings. The van der Waals surface area contributed by atoms with E-state index in [-0.39, 0.29) is 28.9 Å². The average Bonchev–Trinajstić information content (AvgIpc) is 3.28. The molecule has 0 aliphatic carbocycles. The van der Waals surface area contributed by atoms with E-state index in [1.165, 1.54) is 18.6 Å². The van der Waals surface area contributed by atoms with Gasteiger partial charge in [-0.3, -0.25) is 9.59 Å². The Morgan fingerprint density at radius 2 is 1.90 bits per heavy atom. The van der Waals surface area contributed by atoms with Gasteiger partial charge in [-0.1, -0.05) is 12.1 Å². The van der Waals surface area contributed by atoms with Crippen LogP contribution in [-0.2, 0) is 4.79 Å². The molecule has 2 aromatic heterocycles. The zero-order chi connectivity index (χ0) is 20.8. The lowest BCUT2D eigenvalue weighted by Crippen LogP contribution is -2.21. The number of benzene rings is 2. The molecule has 0 unspecified atom stereocenters. The van der Waals surface area contributed by atoms with Gasteiger partial charge in [-0.2, -0.15) is 0 Å². The fraction of sp³-hybridized carbons (Fsp3) is 0.130. The van der Waals surface area contributed by atoms with Crippen LogP contribution in [0, 0.1) is 0 Å². The number of aromatic hydroxyl groups is 1. The Morgan fingerprint density at radius 3 is 2.60 bits per heavy atom. The zero-order valence-electron chi connectivity index (χ0n) is 15.9. The second-order valence-corrected chi connectivity index (χ2v) is 6.96. The highest BCUT2D eigenvalue weighted by atomic mass is 16.5. The van der Waals surface area contributed by atoms with E-state index in [1.807, 2.05) is 0 Å². The molecule has 1 aliphatic heterocycles. The summed E-state index contributed by atoms with van der Waals surface area (Å²) in [5.74, 6) is 0.0821. The maximum absolute atomic E-state index is 13.3. The van der Waals surface area contributed by atoms with Gasteiger partial charge in [0.15, 0.2) is 0 Å². The number of phenols is 1. The average molecular weight is 404 g/mol. The Kier molecular flexibility index (Phi) is 4.10. The Balaban J connectivity index is 1.75. The van der Waals surface area contributed by atoms with Crippen molar-refractivity contribution in [2.45, 2.75) is 12.3 Å². The lowest BCUT2D eigenvalue weighted by atomic mass is 9.88. The Morgan fingerprint density at radius 1 is 1.10 bits per heavy atom. The molecule has 0 bridgehead atoms. The van der Waals surface area contributed by atoms with Gasteiger partial charge >= 0.3 is 5.97 Å². The van der Waals surface area contributed by atoms with Crippen molar-refractivity contribution >= 4 is 16.9 Å². The fourth-order valence-electron chi connectivity index (χ4n) is 3.83. The lowest BCUT2D eigenvalue weighted by Gasteiger charge is -2.24. The normalized spacial score (nSPS) is 15.6. The van der Waals surface area contributed by atoms with Crippen molar-refractivity contribution in [2.75, 3.05) is 7.11 Å². The minimum Gasteiger partial charge on any atom is -0.507 e. The van der Waals surface area contributed by atoms with Crippen LogP contribution in [0.4, 0.5) is 0 Å². The number of phenolic OH excluding ortho intramolecular Hbond substituents is 1. The van der Waals surface area contributed by atoms with Crippen molar-refractivity contribution < 1.29 is 28.2 Å². The number of furan rings is 1. The van der Waals surface area contributed by atoms with E-state index < -0.39 is 17.3 Å². The molecule has 4 aromatic rings. The predicted molar refractivity (Wildman–Crippen MR) is 107 cm³/mol. The van der Waals surface area contributed by atoms with E-state index in [1.54, 1.807) is 43.5 Å². The molecular weight excluding hydrogens is 388 g/mol. The highest BCUT2D eigenvalue weighted by molar-refractivity contribution is 5.94. The predicted octanol–water partition coefficient (Wildman–Crippen LogP) is 4.21. The quantitative estimate of drug-likeness (QED) is 0.403. The van der Waals surface area contributed by atoms with Crippen LogP contribution >= 0.6 is 0 Å². The van der Waals surface area contributed by atoms with Gasteiger partial charge in [0.1, 0.15) is 40.2 Å². The van der Waals surface area contributed by atoms with E-state index in [4.69, 9.17) is 18.3 Å². The van der Waals surface area contributed by atoms with Gasteiger partial charge in [-0.25, -0.2) is 0 Å². The smallest absolute Gasteiger partial charge is 0.312 e. The largest absolute Gasteiger partial charge is 0.507 e. The van der Waals surface area contributed by atoms with Gasteiger partial charge < -0.3 is 23.4 Å². The third-order valence-electron chi connectivity index (χ3n) is 5.26. The monoisotopic (exact) mass is 404 g/mol. The molecule has 0 spiro atoms. The molecule has 150 valence electrons. The van der Waals surface area contributed by atoms with E-state index in [2.05, 4.69) is 0 Å². The summed E-state index contributed by atoms with van der Waals surface area (Å²) in [4.78, 5) is 25.4. The SMILES string of the molecule is COc1ccc(-c2coc3c4c(cc(O)c3c2=O)OC(=O)C[C@H]4c2ccco2)cc1. The third kappa shape index (κ3) is 2.75. The van der Waals surface area contributed by atoms with Crippen LogP contribution in [0.5, 0.6) is 17.2 Å². The molecule has 7 nitrogen and oxygen atoms in total. The molecule has 1 aliphatic rings. The van der Waals surface area contributed by atoms with Crippen molar-refractivity contribution in [1.29, 1.82) is 0 Å². The summed E-state index contributed by atoms with van der Waals surface area (Å²) in [6.07, 6.45) is 2.89. The first-order valence-corrected chi connectivity index (χ1v) is 9.26. The summed E-state index contributed by atoms with van der Waals surface area (Å²) in [6, 6.07) is 11.7. The van der Waals surface area contributed by atoms with Crippen LogP contribution < -0.4 is 14.9 Å². The zero-order valence-corrected chi connectivity index (χ0v) is 15.9. The molecule has 7 heteroatoms. The number of hydrogen-bond acceptors (Lipinski definition) is 7. The molecule has 5 rings (SSSR count). The van der Waals surface area contributed by atoms with Gasteiger partial charge in [-0.05, 0) is 29.8 Å². The van der Waals surface area contributed by atoms with Gasteiger partial charge in [0.05, 0.1) is 31.3 Å². The first kappa shape index (κ1) is 18.1. The Labute approximate surface area is 170 Å². The minimum atomic E-state index is -0.491. The second-order valence-electron chi connectivity index (χ2n) is 6.96. The molecule has 0 saturated heterocycles. The van der Waals surface area contributed by atoms with E-state index >= 15 is 0 Å². The molecule has 30 heavy (non-hydrogen) atoms. The van der Waals surface area contributed by atoms with Crippen LogP contribution in [0.15, 0.2) is 68.6 Å². The number of methoxy groups -OCH3 is 1. The first-order valence-electron chi connectivity index (χ1n) is 9.26. The summed E-state index contributed by atoms with van der Waals surface area (Å²) >= 11 is 0. The molecule has 0 saturated carbocycles. The summed E-state index contributed by atoms with van der Waals surface area (Å²) in [6.45, 7) is 0. The highest BCUT2D eigenvalue weighted by Crippen LogP contribution is 2.45. The van der Waals surface area contributed by atoms with E-state index in [9.17, 15) is 14.7 Å². The Bertz CT molecular complexity index is 1310. The number of hydrogen-bond donors (Lipinski definition) is 1. The molecular formula is C23H16O7. The maximum Gasteiger partial charge on any atom is 0.312 e. The van der Waals surface area contributed by atoms with Crippen molar-refractivity contribution in [2.24, 2.45) is 0 Å². The maximum atomic E-state index is 13.3. The third-order valence-corrected chi connectivity index (χ3v) is 5.26. The summed E-state index contributed by atoms with van der Waals surface area (Å²) in [5, 5.41) is 10.6.